The van der Waals surface area contributed by atoms with E-state index in [1.54, 1.807) is 0 Å². The number of piperidine rings is 1. The minimum Gasteiger partial charge on any atom is -0.307 e. The van der Waals surface area contributed by atoms with Gasteiger partial charge in [0.2, 0.25) is 0 Å². The maximum atomic E-state index is 3.65. The summed E-state index contributed by atoms with van der Waals surface area (Å²) in [6.45, 7) is 12.7. The molecule has 0 amide bonds. The van der Waals surface area contributed by atoms with Crippen molar-refractivity contribution in [1.82, 2.24) is 5.32 Å². The fourth-order valence-electron chi connectivity index (χ4n) is 2.69. The van der Waals surface area contributed by atoms with Crippen molar-refractivity contribution >= 4 is 0 Å². The standard InChI is InChI=1S/C12H21N/c1-6-7-10-8-11(2,3)13-12(4,5)9-10/h7,10,13H,1,8-9H2,2-5H3. The van der Waals surface area contributed by atoms with Crippen LogP contribution in [0.3, 0.4) is 0 Å². The molecule has 0 aromatic rings. The van der Waals surface area contributed by atoms with E-state index in [0.29, 0.717) is 5.92 Å². The molecular formula is C12H21N. The molecule has 0 aromatic carbocycles. The van der Waals surface area contributed by atoms with Crippen LogP contribution >= 0.6 is 0 Å². The van der Waals surface area contributed by atoms with Crippen molar-refractivity contribution in [3.05, 3.63) is 18.4 Å². The highest BCUT2D eigenvalue weighted by Crippen LogP contribution is 2.33. The lowest BCUT2D eigenvalue weighted by Crippen LogP contribution is -2.57. The molecule has 0 aliphatic carbocycles. The van der Waals surface area contributed by atoms with Gasteiger partial charge in [-0.15, -0.1) is 5.73 Å². The summed E-state index contributed by atoms with van der Waals surface area (Å²) in [6, 6.07) is 0. The highest BCUT2D eigenvalue weighted by molar-refractivity contribution is 5.02. The molecule has 1 saturated heterocycles. The number of hydrogen-bond acceptors (Lipinski definition) is 1. The first-order chi connectivity index (χ1) is 5.85. The Labute approximate surface area is 81.9 Å². The zero-order chi connectivity index (χ0) is 10.1. The van der Waals surface area contributed by atoms with E-state index >= 15 is 0 Å². The van der Waals surface area contributed by atoms with Crippen molar-refractivity contribution in [2.75, 3.05) is 0 Å². The summed E-state index contributed by atoms with van der Waals surface area (Å²) in [6.07, 6.45) is 4.47. The first-order valence-corrected chi connectivity index (χ1v) is 5.00. The third kappa shape index (κ3) is 3.02. The number of nitrogens with one attached hydrogen (secondary N) is 1. The van der Waals surface area contributed by atoms with Crippen LogP contribution in [0.2, 0.25) is 0 Å². The maximum Gasteiger partial charge on any atom is 0.0135 e. The van der Waals surface area contributed by atoms with Crippen molar-refractivity contribution in [3.8, 4) is 0 Å². The van der Waals surface area contributed by atoms with Crippen LogP contribution in [0.1, 0.15) is 40.5 Å². The van der Waals surface area contributed by atoms with Crippen LogP contribution in [0.25, 0.3) is 0 Å². The molecule has 13 heavy (non-hydrogen) atoms. The van der Waals surface area contributed by atoms with Crippen LogP contribution < -0.4 is 5.32 Å². The van der Waals surface area contributed by atoms with Crippen LogP contribution in [0.15, 0.2) is 18.4 Å². The molecule has 74 valence electrons. The van der Waals surface area contributed by atoms with Crippen LogP contribution in [0.4, 0.5) is 0 Å². The van der Waals surface area contributed by atoms with Crippen LogP contribution in [-0.2, 0) is 0 Å². The van der Waals surface area contributed by atoms with Gasteiger partial charge in [-0.1, -0.05) is 6.58 Å². The summed E-state index contributed by atoms with van der Waals surface area (Å²) < 4.78 is 0. The molecular weight excluding hydrogens is 158 g/mol. The van der Waals surface area contributed by atoms with Crippen molar-refractivity contribution in [3.63, 3.8) is 0 Å². The van der Waals surface area contributed by atoms with Crippen molar-refractivity contribution in [2.24, 2.45) is 5.92 Å². The van der Waals surface area contributed by atoms with Crippen molar-refractivity contribution in [1.29, 1.82) is 0 Å². The second-order valence-electron chi connectivity index (χ2n) is 5.43. The van der Waals surface area contributed by atoms with Gasteiger partial charge in [0.05, 0.1) is 0 Å². The summed E-state index contributed by atoms with van der Waals surface area (Å²) >= 11 is 0. The zero-order valence-electron chi connectivity index (χ0n) is 9.28. The molecule has 0 saturated carbocycles. The van der Waals surface area contributed by atoms with Gasteiger partial charge in [-0.05, 0) is 52.5 Å². The first-order valence-electron chi connectivity index (χ1n) is 5.00. The van der Waals surface area contributed by atoms with E-state index in [1.807, 2.05) is 0 Å². The lowest BCUT2D eigenvalue weighted by molar-refractivity contribution is 0.150. The molecule has 1 N–H and O–H groups in total. The van der Waals surface area contributed by atoms with E-state index < -0.39 is 0 Å². The smallest absolute Gasteiger partial charge is 0.0135 e. The number of hydrogen-bond donors (Lipinski definition) is 1. The average molecular weight is 179 g/mol. The molecule has 1 aliphatic heterocycles. The van der Waals surface area contributed by atoms with Gasteiger partial charge in [0.1, 0.15) is 0 Å². The minimum atomic E-state index is 0.236. The fourth-order valence-corrected chi connectivity index (χ4v) is 2.69. The Kier molecular flexibility index (Phi) is 2.70. The second-order valence-corrected chi connectivity index (χ2v) is 5.43. The molecule has 0 bridgehead atoms. The molecule has 0 aromatic heterocycles. The Hall–Kier alpha value is -0.520. The summed E-state index contributed by atoms with van der Waals surface area (Å²) in [5.41, 5.74) is 3.38. The average Bonchev–Trinajstić information content (AvgIpc) is 1.78. The van der Waals surface area contributed by atoms with Gasteiger partial charge in [0.25, 0.3) is 0 Å². The molecule has 1 rings (SSSR count). The van der Waals surface area contributed by atoms with Gasteiger partial charge >= 0.3 is 0 Å². The molecule has 0 radical (unpaired) electrons. The minimum absolute atomic E-state index is 0.236. The van der Waals surface area contributed by atoms with E-state index in [0.717, 1.165) is 0 Å². The van der Waals surface area contributed by atoms with E-state index in [-0.39, 0.29) is 11.1 Å². The number of allylic oxidation sites excluding steroid dienone is 1. The van der Waals surface area contributed by atoms with Gasteiger partial charge < -0.3 is 5.32 Å². The molecule has 0 atom stereocenters. The molecule has 1 nitrogen and oxygen atoms in total. The predicted molar refractivity (Wildman–Crippen MR) is 57.7 cm³/mol. The van der Waals surface area contributed by atoms with Crippen LogP contribution in [0, 0.1) is 5.92 Å². The van der Waals surface area contributed by atoms with E-state index in [1.165, 1.54) is 12.8 Å². The summed E-state index contributed by atoms with van der Waals surface area (Å²) in [7, 11) is 0. The third-order valence-corrected chi connectivity index (χ3v) is 2.58. The largest absolute Gasteiger partial charge is 0.307 e. The highest BCUT2D eigenvalue weighted by atomic mass is 15.0. The first kappa shape index (κ1) is 10.6. The van der Waals surface area contributed by atoms with Crippen LogP contribution in [0.5, 0.6) is 0 Å². The van der Waals surface area contributed by atoms with Gasteiger partial charge in [-0.2, -0.15) is 0 Å². The lowest BCUT2D eigenvalue weighted by atomic mass is 9.76. The molecule has 1 heterocycles. The SMILES string of the molecule is C=C=CC1CC(C)(C)NC(C)(C)C1. The summed E-state index contributed by atoms with van der Waals surface area (Å²) in [4.78, 5) is 0. The zero-order valence-corrected chi connectivity index (χ0v) is 9.28. The Morgan fingerprint density at radius 2 is 1.69 bits per heavy atom. The maximum absolute atomic E-state index is 3.65. The topological polar surface area (TPSA) is 12.0 Å². The van der Waals surface area contributed by atoms with E-state index in [9.17, 15) is 0 Å². The van der Waals surface area contributed by atoms with E-state index in [4.69, 9.17) is 0 Å². The summed E-state index contributed by atoms with van der Waals surface area (Å²) in [5, 5.41) is 3.65. The van der Waals surface area contributed by atoms with Gasteiger partial charge in [-0.3, -0.25) is 0 Å². The fraction of sp³-hybridized carbons (Fsp3) is 0.750. The Morgan fingerprint density at radius 3 is 2.08 bits per heavy atom. The van der Waals surface area contributed by atoms with Gasteiger partial charge in [0.15, 0.2) is 0 Å². The Morgan fingerprint density at radius 1 is 1.23 bits per heavy atom. The molecule has 1 heteroatoms. The van der Waals surface area contributed by atoms with E-state index in [2.05, 4.69) is 51.4 Å². The second kappa shape index (κ2) is 3.32. The van der Waals surface area contributed by atoms with Crippen LogP contribution in [-0.4, -0.2) is 11.1 Å². The summed E-state index contributed by atoms with van der Waals surface area (Å²) in [5.74, 6) is 0.628. The predicted octanol–water partition coefficient (Wildman–Crippen LogP) is 2.88. The molecule has 0 spiro atoms. The Balaban J connectivity index is 2.77. The third-order valence-electron chi connectivity index (χ3n) is 2.58. The molecule has 1 aliphatic rings. The van der Waals surface area contributed by atoms with Crippen molar-refractivity contribution < 1.29 is 0 Å². The van der Waals surface area contributed by atoms with Gasteiger partial charge in [0, 0.05) is 11.1 Å². The number of rotatable bonds is 1. The quantitative estimate of drug-likeness (QED) is 0.610. The van der Waals surface area contributed by atoms with Gasteiger partial charge in [-0.25, -0.2) is 0 Å². The lowest BCUT2D eigenvalue weighted by Gasteiger charge is -2.45. The highest BCUT2D eigenvalue weighted by Gasteiger charge is 2.36. The normalized spacial score (nSPS) is 26.5. The Bertz CT molecular complexity index is 216. The van der Waals surface area contributed by atoms with Crippen molar-refractivity contribution in [2.45, 2.75) is 51.6 Å². The molecule has 0 unspecified atom stereocenters. The molecule has 1 fully saturated rings. The monoisotopic (exact) mass is 179 g/mol.